The molecule has 7 nitrogen and oxygen atoms in total. The average Bonchev–Trinajstić information content (AvgIpc) is 2.63. The molecule has 0 fully saturated rings. The highest BCUT2D eigenvalue weighted by Crippen LogP contribution is 2.46. The molecular weight excluding hydrogens is 427 g/mol. The van der Waals surface area contributed by atoms with Crippen molar-refractivity contribution in [2.75, 3.05) is 34.3 Å². The third-order valence-electron chi connectivity index (χ3n) is 5.78. The molecule has 8 heteroatoms. The Morgan fingerprint density at radius 2 is 1.50 bits per heavy atom. The van der Waals surface area contributed by atoms with E-state index in [9.17, 15) is 14.4 Å². The van der Waals surface area contributed by atoms with Gasteiger partial charge in [0.1, 0.15) is 12.1 Å². The number of unbranched alkanes of at least 4 members (excludes halogenated alkanes) is 7. The van der Waals surface area contributed by atoms with Crippen LogP contribution in [0.15, 0.2) is 0 Å². The van der Waals surface area contributed by atoms with Crippen LogP contribution in [0.1, 0.15) is 104 Å². The zero-order chi connectivity index (χ0) is 24.7. The van der Waals surface area contributed by atoms with Crippen molar-refractivity contribution in [3.63, 3.8) is 0 Å². The zero-order valence-corrected chi connectivity index (χ0v) is 22.7. The second-order valence-electron chi connectivity index (χ2n) is 10.7. The van der Waals surface area contributed by atoms with Crippen LogP contribution in [0.2, 0.25) is 0 Å². The van der Waals surface area contributed by atoms with E-state index in [1.54, 1.807) is 0 Å². The molecule has 0 aliphatic carbocycles. The van der Waals surface area contributed by atoms with E-state index < -0.39 is 13.4 Å². The van der Waals surface area contributed by atoms with Gasteiger partial charge in [0.05, 0.1) is 27.2 Å². The van der Waals surface area contributed by atoms with Crippen LogP contribution in [-0.2, 0) is 13.8 Å². The lowest BCUT2D eigenvalue weighted by Gasteiger charge is -2.40. The molecule has 3 atom stereocenters. The van der Waals surface area contributed by atoms with Crippen molar-refractivity contribution in [3.05, 3.63) is 0 Å². The number of hydrogen-bond acceptors (Lipinski definition) is 4. The summed E-state index contributed by atoms with van der Waals surface area (Å²) in [6.07, 6.45) is 13.2. The van der Waals surface area contributed by atoms with Crippen LogP contribution in [0.3, 0.4) is 0 Å². The standard InChI is InChI=1S/C24H53N2O5P/c1-7-9-11-12-13-14-15-16-23(25)17-18-24(21-26(4,5)6,31-32(27,28)29)20-22(3)30-19-10-8-2/h22-23H,7-21,25H2,1-6H3,(H-,27,28,29)/p+1. The van der Waals surface area contributed by atoms with E-state index in [1.165, 1.54) is 38.5 Å². The zero-order valence-electron chi connectivity index (χ0n) is 21.9. The summed E-state index contributed by atoms with van der Waals surface area (Å²) in [5.74, 6) is 0. The molecule has 0 aromatic heterocycles. The van der Waals surface area contributed by atoms with Crippen LogP contribution < -0.4 is 5.73 Å². The van der Waals surface area contributed by atoms with Crippen molar-refractivity contribution < 1.29 is 28.1 Å². The Morgan fingerprint density at radius 1 is 0.938 bits per heavy atom. The average molecular weight is 482 g/mol. The Bertz CT molecular complexity index is 509. The summed E-state index contributed by atoms with van der Waals surface area (Å²) in [5, 5.41) is 0. The molecule has 0 aliphatic rings. The Morgan fingerprint density at radius 3 is 2.03 bits per heavy atom. The first-order valence-electron chi connectivity index (χ1n) is 12.8. The molecule has 32 heavy (non-hydrogen) atoms. The van der Waals surface area contributed by atoms with Gasteiger partial charge in [-0.3, -0.25) is 4.52 Å². The van der Waals surface area contributed by atoms with E-state index in [0.717, 1.165) is 25.7 Å². The van der Waals surface area contributed by atoms with Crippen LogP contribution in [0, 0.1) is 0 Å². The van der Waals surface area contributed by atoms with Crippen molar-refractivity contribution in [2.24, 2.45) is 5.73 Å². The molecule has 4 N–H and O–H groups in total. The number of rotatable bonds is 21. The van der Waals surface area contributed by atoms with E-state index >= 15 is 0 Å². The number of phosphoric acid groups is 1. The van der Waals surface area contributed by atoms with Crippen LogP contribution in [0.25, 0.3) is 0 Å². The topological polar surface area (TPSA) is 102 Å². The first-order valence-corrected chi connectivity index (χ1v) is 14.3. The molecule has 0 bridgehead atoms. The molecule has 3 unspecified atom stereocenters. The minimum atomic E-state index is -4.67. The van der Waals surface area contributed by atoms with Gasteiger partial charge >= 0.3 is 7.82 Å². The molecule has 0 heterocycles. The first-order chi connectivity index (χ1) is 14.8. The van der Waals surface area contributed by atoms with E-state index in [-0.39, 0.29) is 12.1 Å². The molecule has 0 saturated carbocycles. The molecule has 0 aliphatic heterocycles. The highest BCUT2D eigenvalue weighted by atomic mass is 31.2. The maximum atomic E-state index is 11.9. The fourth-order valence-electron chi connectivity index (χ4n) is 4.44. The third kappa shape index (κ3) is 18.4. The van der Waals surface area contributed by atoms with E-state index in [0.29, 0.717) is 36.9 Å². The monoisotopic (exact) mass is 481 g/mol. The normalized spacial score (nSPS) is 16.7. The SMILES string of the molecule is CCCCCCCCCC(N)CCC(CC(C)OCCCC)(C[N+](C)(C)C)OP(=O)(O)O. The number of quaternary nitrogens is 1. The van der Waals surface area contributed by atoms with Crippen molar-refractivity contribution in [1.29, 1.82) is 0 Å². The summed E-state index contributed by atoms with van der Waals surface area (Å²) in [6, 6.07) is 0.00849. The predicted octanol–water partition coefficient (Wildman–Crippen LogP) is 5.38. The molecule has 0 aromatic rings. The molecule has 0 saturated heterocycles. The van der Waals surface area contributed by atoms with Crippen LogP contribution in [0.5, 0.6) is 0 Å². The fourth-order valence-corrected chi connectivity index (χ4v) is 5.17. The summed E-state index contributed by atoms with van der Waals surface area (Å²) in [5.41, 5.74) is 5.43. The van der Waals surface area contributed by atoms with Crippen LogP contribution in [-0.4, -0.2) is 66.3 Å². The molecule has 0 aromatic carbocycles. The third-order valence-corrected chi connectivity index (χ3v) is 6.41. The van der Waals surface area contributed by atoms with Crippen molar-refractivity contribution in [2.45, 2.75) is 122 Å². The molecule has 0 radical (unpaired) electrons. The van der Waals surface area contributed by atoms with Gasteiger partial charge in [0.25, 0.3) is 0 Å². The summed E-state index contributed by atoms with van der Waals surface area (Å²) in [4.78, 5) is 19.4. The van der Waals surface area contributed by atoms with Crippen LogP contribution >= 0.6 is 7.82 Å². The second-order valence-corrected chi connectivity index (χ2v) is 11.8. The Balaban J connectivity index is 5.01. The Labute approximate surface area is 198 Å². The number of nitrogens with two attached hydrogens (primary N) is 1. The summed E-state index contributed by atoms with van der Waals surface area (Å²) < 4.78 is 23.9. The van der Waals surface area contributed by atoms with Crippen molar-refractivity contribution in [3.8, 4) is 0 Å². The highest BCUT2D eigenvalue weighted by Gasteiger charge is 2.43. The molecule has 0 rings (SSSR count). The van der Waals surface area contributed by atoms with Crippen LogP contribution in [0.4, 0.5) is 0 Å². The van der Waals surface area contributed by atoms with Gasteiger partial charge in [-0.15, -0.1) is 0 Å². The first kappa shape index (κ1) is 32.0. The number of phosphoric ester groups is 1. The lowest BCUT2D eigenvalue weighted by Crippen LogP contribution is -2.52. The maximum Gasteiger partial charge on any atom is 0.470 e. The summed E-state index contributed by atoms with van der Waals surface area (Å²) >= 11 is 0. The van der Waals surface area contributed by atoms with Gasteiger partial charge in [-0.2, -0.15) is 0 Å². The van der Waals surface area contributed by atoms with Gasteiger partial charge in [-0.1, -0.05) is 65.2 Å². The van der Waals surface area contributed by atoms with Gasteiger partial charge in [0.15, 0.2) is 0 Å². The van der Waals surface area contributed by atoms with E-state index in [4.69, 9.17) is 15.0 Å². The summed E-state index contributed by atoms with van der Waals surface area (Å²) in [6.45, 7) is 7.42. The van der Waals surface area contributed by atoms with E-state index in [1.807, 2.05) is 28.1 Å². The van der Waals surface area contributed by atoms with Crippen molar-refractivity contribution >= 4 is 7.82 Å². The number of ether oxygens (including phenoxy) is 1. The Hall–Kier alpha value is -0.0100. The molecule has 194 valence electrons. The molecular formula is C24H54N2O5P+. The van der Waals surface area contributed by atoms with Gasteiger partial charge in [0, 0.05) is 19.1 Å². The largest absolute Gasteiger partial charge is 0.470 e. The summed E-state index contributed by atoms with van der Waals surface area (Å²) in [7, 11) is 1.37. The lowest BCUT2D eigenvalue weighted by atomic mass is 9.87. The highest BCUT2D eigenvalue weighted by molar-refractivity contribution is 7.46. The van der Waals surface area contributed by atoms with Gasteiger partial charge in [-0.05, 0) is 32.6 Å². The number of hydrogen-bond donors (Lipinski definition) is 3. The molecule has 0 amide bonds. The smallest absolute Gasteiger partial charge is 0.378 e. The maximum absolute atomic E-state index is 11.9. The van der Waals surface area contributed by atoms with Crippen molar-refractivity contribution in [1.82, 2.24) is 0 Å². The quantitative estimate of drug-likeness (QED) is 0.115. The predicted molar refractivity (Wildman–Crippen MR) is 134 cm³/mol. The van der Waals surface area contributed by atoms with Gasteiger partial charge in [-0.25, -0.2) is 4.57 Å². The second kappa shape index (κ2) is 16.6. The van der Waals surface area contributed by atoms with Gasteiger partial charge in [0.2, 0.25) is 0 Å². The molecule has 0 spiro atoms. The number of likely N-dealkylation sites (N-methyl/N-ethyl adjacent to an activating group) is 1. The minimum absolute atomic E-state index is 0.00849. The fraction of sp³-hybridized carbons (Fsp3) is 1.00. The lowest BCUT2D eigenvalue weighted by molar-refractivity contribution is -0.876. The Kier molecular flexibility index (Phi) is 16.6. The number of nitrogens with zero attached hydrogens (tertiary/aromatic N) is 1. The minimum Gasteiger partial charge on any atom is -0.378 e. The van der Waals surface area contributed by atoms with Gasteiger partial charge < -0.3 is 24.7 Å². The van der Waals surface area contributed by atoms with E-state index in [2.05, 4.69) is 13.8 Å².